The summed E-state index contributed by atoms with van der Waals surface area (Å²) in [6.07, 6.45) is 8.85. The van der Waals surface area contributed by atoms with E-state index >= 15 is 0 Å². The summed E-state index contributed by atoms with van der Waals surface area (Å²) in [6.45, 7) is 3.52. The van der Waals surface area contributed by atoms with Crippen molar-refractivity contribution in [3.63, 3.8) is 0 Å². The molecule has 0 amide bonds. The zero-order valence-corrected chi connectivity index (χ0v) is 19.0. The highest BCUT2D eigenvalue weighted by molar-refractivity contribution is 5.93. The van der Waals surface area contributed by atoms with Crippen LogP contribution in [0.15, 0.2) is 42.5 Å². The number of halogens is 5. The first kappa shape index (κ1) is 26.2. The Labute approximate surface area is 200 Å². The number of hydrogen-bond acceptors (Lipinski definition) is 4. The Bertz CT molecular complexity index is 1080. The first-order valence-electron chi connectivity index (χ1n) is 11.2. The van der Waals surface area contributed by atoms with Gasteiger partial charge in [-0.1, -0.05) is 24.3 Å². The quantitative estimate of drug-likeness (QED) is 0.199. The van der Waals surface area contributed by atoms with E-state index in [-0.39, 0.29) is 17.9 Å². The van der Waals surface area contributed by atoms with E-state index in [9.17, 15) is 26.7 Å². The molecule has 0 saturated heterocycles. The maximum absolute atomic E-state index is 13.9. The number of fused-ring (bicyclic) bond motifs is 13. The zero-order valence-electron chi connectivity index (χ0n) is 19.0. The molecular formula is C26H25F5O4. The number of allylic oxidation sites excluding steroid dienone is 3. The van der Waals surface area contributed by atoms with E-state index in [1.165, 1.54) is 12.1 Å². The average Bonchev–Trinajstić information content (AvgIpc) is 2.85. The number of ether oxygens (including phenoxy) is 3. The molecule has 2 aliphatic rings. The van der Waals surface area contributed by atoms with Gasteiger partial charge < -0.3 is 14.2 Å². The fourth-order valence-corrected chi connectivity index (χ4v) is 3.40. The SMILES string of the molecule is C=C1/C=C/CCCCOc2ccc(cc2C(=O)OCc2c(F)c(F)c(F)c(F)c2F)OCCCC1. The van der Waals surface area contributed by atoms with E-state index in [1.54, 1.807) is 6.07 Å². The first-order valence-corrected chi connectivity index (χ1v) is 11.2. The molecule has 4 rings (SSSR count). The van der Waals surface area contributed by atoms with Gasteiger partial charge in [0.25, 0.3) is 0 Å². The molecule has 2 aromatic rings. The van der Waals surface area contributed by atoms with Gasteiger partial charge in [0.15, 0.2) is 23.3 Å². The van der Waals surface area contributed by atoms with E-state index in [1.807, 2.05) is 12.2 Å². The summed E-state index contributed by atoms with van der Waals surface area (Å²) in [5.41, 5.74) is -0.304. The van der Waals surface area contributed by atoms with Crippen LogP contribution in [0.4, 0.5) is 22.0 Å². The Hall–Kier alpha value is -3.36. The summed E-state index contributed by atoms with van der Waals surface area (Å²) in [5.74, 6) is -11.2. The minimum absolute atomic E-state index is 0.0936. The van der Waals surface area contributed by atoms with Crippen LogP contribution in [0.5, 0.6) is 11.5 Å². The van der Waals surface area contributed by atoms with Crippen molar-refractivity contribution in [2.75, 3.05) is 13.2 Å². The van der Waals surface area contributed by atoms with Gasteiger partial charge in [0, 0.05) is 0 Å². The summed E-state index contributed by atoms with van der Waals surface area (Å²) >= 11 is 0. The molecule has 0 spiro atoms. The lowest BCUT2D eigenvalue weighted by Crippen LogP contribution is -2.13. The predicted octanol–water partition coefficient (Wildman–Crippen LogP) is 6.96. The lowest BCUT2D eigenvalue weighted by atomic mass is 10.1. The highest BCUT2D eigenvalue weighted by Gasteiger charge is 2.27. The monoisotopic (exact) mass is 496 g/mol. The van der Waals surface area contributed by atoms with Gasteiger partial charge >= 0.3 is 5.97 Å². The normalized spacial score (nSPS) is 16.2. The van der Waals surface area contributed by atoms with Crippen molar-refractivity contribution < 1.29 is 41.0 Å². The molecule has 9 heteroatoms. The van der Waals surface area contributed by atoms with Crippen molar-refractivity contribution >= 4 is 5.97 Å². The largest absolute Gasteiger partial charge is 0.494 e. The molecule has 2 aliphatic heterocycles. The number of carbonyl (C=O) groups excluding carboxylic acids is 1. The number of rotatable bonds is 3. The van der Waals surface area contributed by atoms with Gasteiger partial charge in [0.05, 0.1) is 18.8 Å². The Balaban J connectivity index is 1.78. The van der Waals surface area contributed by atoms with Crippen LogP contribution < -0.4 is 9.47 Å². The average molecular weight is 496 g/mol. The minimum atomic E-state index is -2.29. The van der Waals surface area contributed by atoms with Crippen LogP contribution in [0.2, 0.25) is 0 Å². The fourth-order valence-electron chi connectivity index (χ4n) is 3.40. The second-order valence-electron chi connectivity index (χ2n) is 7.99. The Morgan fingerprint density at radius 2 is 1.54 bits per heavy atom. The predicted molar refractivity (Wildman–Crippen MR) is 119 cm³/mol. The number of esters is 1. The van der Waals surface area contributed by atoms with Gasteiger partial charge in [0.2, 0.25) is 5.82 Å². The van der Waals surface area contributed by atoms with Crippen LogP contribution in [0.1, 0.15) is 54.4 Å². The molecule has 0 unspecified atom stereocenters. The third-order valence-corrected chi connectivity index (χ3v) is 5.36. The van der Waals surface area contributed by atoms with Crippen molar-refractivity contribution in [2.45, 2.75) is 45.1 Å². The van der Waals surface area contributed by atoms with Crippen molar-refractivity contribution in [2.24, 2.45) is 0 Å². The molecule has 188 valence electrons. The van der Waals surface area contributed by atoms with E-state index in [2.05, 4.69) is 6.58 Å². The van der Waals surface area contributed by atoms with Gasteiger partial charge in [-0.25, -0.2) is 26.7 Å². The highest BCUT2D eigenvalue weighted by atomic mass is 19.2. The number of benzene rings is 2. The number of carbonyl (C=O) groups is 1. The molecule has 0 aromatic heterocycles. The first-order chi connectivity index (χ1) is 16.8. The molecule has 4 nitrogen and oxygen atoms in total. The minimum Gasteiger partial charge on any atom is -0.494 e. The molecule has 2 bridgehead atoms. The zero-order chi connectivity index (χ0) is 25.4. The van der Waals surface area contributed by atoms with Gasteiger partial charge in [-0.05, 0) is 56.7 Å². The van der Waals surface area contributed by atoms with E-state index in [0.29, 0.717) is 18.8 Å². The standard InChI is InChI=1S/C26H25F5O4/c1-16-8-4-2-3-6-13-34-20-11-10-17(33-12-7-5-9-16)14-18(20)26(32)35-15-19-21(27)23(29)25(31)24(30)22(19)28/h4,8,10-11,14H,1-3,5-7,9,12-13,15H2/b8-4+. The molecule has 0 atom stereocenters. The molecule has 2 heterocycles. The lowest BCUT2D eigenvalue weighted by Gasteiger charge is -2.14. The van der Waals surface area contributed by atoms with Crippen molar-refractivity contribution in [1.29, 1.82) is 0 Å². The van der Waals surface area contributed by atoms with Gasteiger partial charge in [-0.15, -0.1) is 0 Å². The maximum Gasteiger partial charge on any atom is 0.342 e. The summed E-state index contributed by atoms with van der Waals surface area (Å²) in [5, 5.41) is 0. The van der Waals surface area contributed by atoms with E-state index in [0.717, 1.165) is 37.7 Å². The molecule has 0 saturated carbocycles. The topological polar surface area (TPSA) is 44.8 Å². The molecule has 0 aliphatic carbocycles. The van der Waals surface area contributed by atoms with Crippen LogP contribution in [0.3, 0.4) is 0 Å². The second kappa shape index (κ2) is 12.4. The third kappa shape index (κ3) is 6.83. The van der Waals surface area contributed by atoms with Crippen molar-refractivity contribution in [3.8, 4) is 11.5 Å². The maximum atomic E-state index is 13.9. The van der Waals surface area contributed by atoms with E-state index < -0.39 is 47.2 Å². The van der Waals surface area contributed by atoms with Gasteiger partial charge in [-0.3, -0.25) is 0 Å². The number of hydrogen-bond donors (Lipinski definition) is 0. The van der Waals surface area contributed by atoms with Crippen LogP contribution in [0.25, 0.3) is 0 Å². The smallest absolute Gasteiger partial charge is 0.342 e. The Morgan fingerprint density at radius 1 is 0.886 bits per heavy atom. The van der Waals surface area contributed by atoms with Crippen molar-refractivity contribution in [3.05, 3.63) is 82.7 Å². The van der Waals surface area contributed by atoms with Gasteiger partial charge in [-0.2, -0.15) is 0 Å². The summed E-state index contributed by atoms with van der Waals surface area (Å²) < 4.78 is 84.3. The lowest BCUT2D eigenvalue weighted by molar-refractivity contribution is 0.0456. The molecule has 2 aromatic carbocycles. The molecule has 0 N–H and O–H groups in total. The molecule has 35 heavy (non-hydrogen) atoms. The summed E-state index contributed by atoms with van der Waals surface area (Å²) in [4.78, 5) is 12.7. The molecule has 0 radical (unpaired) electrons. The van der Waals surface area contributed by atoms with Crippen LogP contribution >= 0.6 is 0 Å². The van der Waals surface area contributed by atoms with Crippen LogP contribution in [-0.2, 0) is 11.3 Å². The second-order valence-corrected chi connectivity index (χ2v) is 7.99. The van der Waals surface area contributed by atoms with E-state index in [4.69, 9.17) is 14.2 Å². The molecule has 0 fully saturated rings. The molecular weight excluding hydrogens is 471 g/mol. The Kier molecular flexibility index (Phi) is 9.28. The fraction of sp³-hybridized carbons (Fsp3) is 0.346. The van der Waals surface area contributed by atoms with Crippen LogP contribution in [0, 0.1) is 29.1 Å². The van der Waals surface area contributed by atoms with Crippen molar-refractivity contribution in [1.82, 2.24) is 0 Å². The Morgan fingerprint density at radius 3 is 2.29 bits per heavy atom. The highest BCUT2D eigenvalue weighted by Crippen LogP contribution is 2.28. The van der Waals surface area contributed by atoms with Gasteiger partial charge in [0.1, 0.15) is 23.7 Å². The third-order valence-electron chi connectivity index (χ3n) is 5.36. The summed E-state index contributed by atoms with van der Waals surface area (Å²) in [7, 11) is 0. The summed E-state index contributed by atoms with van der Waals surface area (Å²) in [6, 6.07) is 4.47. The van der Waals surface area contributed by atoms with Crippen LogP contribution in [-0.4, -0.2) is 19.2 Å².